The molecule has 0 bridgehead atoms. The third kappa shape index (κ3) is 6.09. The Bertz CT molecular complexity index is 324. The van der Waals surface area contributed by atoms with E-state index in [1.165, 1.54) is 12.8 Å². The molecule has 1 aliphatic carbocycles. The largest absolute Gasteiger partial charge is 0.352 e. The number of nitrogens with one attached hydrogen (secondary N) is 2. The van der Waals surface area contributed by atoms with Crippen molar-refractivity contribution in [1.29, 1.82) is 0 Å². The van der Waals surface area contributed by atoms with Crippen LogP contribution < -0.4 is 16.4 Å². The molecule has 4 N–H and O–H groups in total. The number of carbonyl (C=O) groups excluding carboxylic acids is 2. The first-order valence-corrected chi connectivity index (χ1v) is 7.20. The van der Waals surface area contributed by atoms with E-state index in [2.05, 4.69) is 31.4 Å². The summed E-state index contributed by atoms with van der Waals surface area (Å²) in [5.74, 6) is 1.33. The highest BCUT2D eigenvalue weighted by Crippen LogP contribution is 2.33. The molecule has 0 spiro atoms. The summed E-state index contributed by atoms with van der Waals surface area (Å²) in [5.41, 5.74) is 5.18. The highest BCUT2D eigenvalue weighted by atomic mass is 35.5. The molecule has 2 amide bonds. The van der Waals surface area contributed by atoms with Gasteiger partial charge in [0.15, 0.2) is 0 Å². The van der Waals surface area contributed by atoms with Crippen LogP contribution in [0, 0.1) is 17.8 Å². The van der Waals surface area contributed by atoms with Crippen molar-refractivity contribution < 1.29 is 9.59 Å². The zero-order chi connectivity index (χ0) is 14.4. The summed E-state index contributed by atoms with van der Waals surface area (Å²) in [6, 6.07) is 0.228. The van der Waals surface area contributed by atoms with E-state index in [1.54, 1.807) is 0 Å². The molecule has 1 aliphatic rings. The molecule has 0 saturated heterocycles. The van der Waals surface area contributed by atoms with Crippen LogP contribution in [-0.2, 0) is 9.59 Å². The predicted octanol–water partition coefficient (Wildman–Crippen LogP) is 1.06. The van der Waals surface area contributed by atoms with Crippen LogP contribution in [0.25, 0.3) is 0 Å². The fourth-order valence-electron chi connectivity index (χ4n) is 2.88. The molecular formula is C14H28ClN3O2. The van der Waals surface area contributed by atoms with Crippen molar-refractivity contribution in [1.82, 2.24) is 10.6 Å². The summed E-state index contributed by atoms with van der Waals surface area (Å²) >= 11 is 0. The van der Waals surface area contributed by atoms with Crippen LogP contribution in [0.5, 0.6) is 0 Å². The van der Waals surface area contributed by atoms with Crippen LogP contribution >= 0.6 is 12.4 Å². The fraction of sp³-hybridized carbons (Fsp3) is 0.857. The molecule has 3 unspecified atom stereocenters. The number of halogens is 1. The lowest BCUT2D eigenvalue weighted by Crippen LogP contribution is -2.49. The summed E-state index contributed by atoms with van der Waals surface area (Å²) in [6.45, 7) is 6.58. The molecular weight excluding hydrogens is 278 g/mol. The lowest BCUT2D eigenvalue weighted by molar-refractivity contribution is -0.126. The molecule has 0 radical (unpaired) electrons. The first-order chi connectivity index (χ1) is 8.93. The van der Waals surface area contributed by atoms with Gasteiger partial charge in [0, 0.05) is 6.04 Å². The molecule has 0 aromatic carbocycles. The molecule has 5 nitrogen and oxygen atoms in total. The molecule has 0 aromatic rings. The van der Waals surface area contributed by atoms with E-state index >= 15 is 0 Å². The second-order valence-corrected chi connectivity index (χ2v) is 5.98. The van der Waals surface area contributed by atoms with Gasteiger partial charge in [0.2, 0.25) is 11.8 Å². The van der Waals surface area contributed by atoms with Crippen LogP contribution in [0.4, 0.5) is 0 Å². The monoisotopic (exact) mass is 305 g/mol. The van der Waals surface area contributed by atoms with Crippen LogP contribution in [0.2, 0.25) is 0 Å². The van der Waals surface area contributed by atoms with E-state index in [0.717, 1.165) is 6.42 Å². The predicted molar refractivity (Wildman–Crippen MR) is 82.6 cm³/mol. The summed E-state index contributed by atoms with van der Waals surface area (Å²) in [5, 5.41) is 5.57. The molecule has 0 aliphatic heterocycles. The number of hydrogen-bond acceptors (Lipinski definition) is 3. The number of rotatable bonds is 5. The molecule has 3 atom stereocenters. The van der Waals surface area contributed by atoms with E-state index in [9.17, 15) is 9.59 Å². The summed E-state index contributed by atoms with van der Waals surface area (Å²) in [6.07, 6.45) is 3.43. The minimum atomic E-state index is -0.299. The van der Waals surface area contributed by atoms with Crippen LogP contribution in [0.15, 0.2) is 0 Å². The van der Waals surface area contributed by atoms with Crippen LogP contribution in [0.1, 0.15) is 40.0 Å². The Labute approximate surface area is 127 Å². The number of amides is 2. The van der Waals surface area contributed by atoms with Crippen molar-refractivity contribution in [2.45, 2.75) is 46.1 Å². The smallest absolute Gasteiger partial charge is 0.239 e. The van der Waals surface area contributed by atoms with Gasteiger partial charge in [-0.25, -0.2) is 0 Å². The Morgan fingerprint density at radius 3 is 2.45 bits per heavy atom. The molecule has 6 heteroatoms. The maximum atomic E-state index is 11.8. The van der Waals surface area contributed by atoms with Gasteiger partial charge in [-0.05, 0) is 30.6 Å². The number of carbonyl (C=O) groups is 2. The molecule has 118 valence electrons. The summed E-state index contributed by atoms with van der Waals surface area (Å²) in [4.78, 5) is 22.9. The topological polar surface area (TPSA) is 84.2 Å². The molecule has 1 rings (SSSR count). The quantitative estimate of drug-likeness (QED) is 0.710. The summed E-state index contributed by atoms with van der Waals surface area (Å²) in [7, 11) is 0. The Morgan fingerprint density at radius 1 is 1.25 bits per heavy atom. The molecule has 0 heterocycles. The van der Waals surface area contributed by atoms with E-state index < -0.39 is 0 Å². The van der Waals surface area contributed by atoms with Crippen LogP contribution in [0.3, 0.4) is 0 Å². The summed E-state index contributed by atoms with van der Waals surface area (Å²) < 4.78 is 0. The van der Waals surface area contributed by atoms with Crippen molar-refractivity contribution >= 4 is 24.2 Å². The SMILES string of the molecule is CC1CCC(C(C)C)C(NC(=O)CNC(=O)CN)C1.Cl. The van der Waals surface area contributed by atoms with Gasteiger partial charge in [-0.1, -0.05) is 27.2 Å². The number of nitrogens with two attached hydrogens (primary N) is 1. The number of hydrogen-bond donors (Lipinski definition) is 3. The minimum Gasteiger partial charge on any atom is -0.352 e. The first kappa shape index (κ1) is 19.2. The second-order valence-electron chi connectivity index (χ2n) is 5.98. The zero-order valence-electron chi connectivity index (χ0n) is 12.6. The van der Waals surface area contributed by atoms with Gasteiger partial charge in [0.25, 0.3) is 0 Å². The molecule has 1 saturated carbocycles. The lowest BCUT2D eigenvalue weighted by Gasteiger charge is -2.37. The zero-order valence-corrected chi connectivity index (χ0v) is 13.5. The normalized spacial score (nSPS) is 25.8. The van der Waals surface area contributed by atoms with Gasteiger partial charge in [-0.3, -0.25) is 9.59 Å². The average Bonchev–Trinajstić information content (AvgIpc) is 2.35. The first-order valence-electron chi connectivity index (χ1n) is 7.20. The van der Waals surface area contributed by atoms with E-state index in [4.69, 9.17) is 5.73 Å². The van der Waals surface area contributed by atoms with Crippen molar-refractivity contribution in [2.24, 2.45) is 23.5 Å². The van der Waals surface area contributed by atoms with Crippen molar-refractivity contribution in [3.63, 3.8) is 0 Å². The second kappa shape index (κ2) is 9.19. The minimum absolute atomic E-state index is 0. The van der Waals surface area contributed by atoms with E-state index in [-0.39, 0.29) is 43.4 Å². The fourth-order valence-corrected chi connectivity index (χ4v) is 2.88. The Morgan fingerprint density at radius 2 is 1.90 bits per heavy atom. The van der Waals surface area contributed by atoms with Gasteiger partial charge in [-0.15, -0.1) is 12.4 Å². The van der Waals surface area contributed by atoms with Gasteiger partial charge in [-0.2, -0.15) is 0 Å². The van der Waals surface area contributed by atoms with Gasteiger partial charge in [0.05, 0.1) is 13.1 Å². The maximum absolute atomic E-state index is 11.8. The molecule has 20 heavy (non-hydrogen) atoms. The van der Waals surface area contributed by atoms with Gasteiger partial charge in [0.1, 0.15) is 0 Å². The van der Waals surface area contributed by atoms with Crippen molar-refractivity contribution in [3.8, 4) is 0 Å². The lowest BCUT2D eigenvalue weighted by atomic mass is 9.74. The third-order valence-corrected chi connectivity index (χ3v) is 4.00. The highest BCUT2D eigenvalue weighted by molar-refractivity contribution is 5.85. The average molecular weight is 306 g/mol. The van der Waals surface area contributed by atoms with Crippen molar-refractivity contribution in [2.75, 3.05) is 13.1 Å². The van der Waals surface area contributed by atoms with Crippen LogP contribution in [-0.4, -0.2) is 30.9 Å². The van der Waals surface area contributed by atoms with Gasteiger partial charge < -0.3 is 16.4 Å². The maximum Gasteiger partial charge on any atom is 0.239 e. The molecule has 0 aromatic heterocycles. The Balaban J connectivity index is 0.00000361. The van der Waals surface area contributed by atoms with Gasteiger partial charge >= 0.3 is 0 Å². The highest BCUT2D eigenvalue weighted by Gasteiger charge is 2.31. The van der Waals surface area contributed by atoms with E-state index in [1.807, 2.05) is 0 Å². The third-order valence-electron chi connectivity index (χ3n) is 4.00. The Kier molecular flexibility index (Phi) is 8.81. The van der Waals surface area contributed by atoms with Crippen molar-refractivity contribution in [3.05, 3.63) is 0 Å². The Hall–Kier alpha value is -0.810. The standard InChI is InChI=1S/C14H27N3O2.ClH/c1-9(2)11-5-4-10(3)6-12(11)17-14(19)8-16-13(18)7-15;/h9-12H,4-8,15H2,1-3H3,(H,16,18)(H,17,19);1H. The van der Waals surface area contributed by atoms with E-state index in [0.29, 0.717) is 17.8 Å². The molecule has 1 fully saturated rings.